The number of benzene rings is 1. The molecule has 0 saturated heterocycles. The number of hydrogen-bond donors (Lipinski definition) is 4. The molecule has 6 N–H and O–H groups in total. The minimum atomic E-state index is -0.593. The Bertz CT molecular complexity index is 418. The summed E-state index contributed by atoms with van der Waals surface area (Å²) in [5.74, 6) is -0.593. The van der Waals surface area contributed by atoms with Crippen molar-refractivity contribution in [3.63, 3.8) is 0 Å². The molecule has 0 aromatic heterocycles. The van der Waals surface area contributed by atoms with Crippen LogP contribution in [0.3, 0.4) is 0 Å². The van der Waals surface area contributed by atoms with Crippen LogP contribution in [0.5, 0.6) is 0 Å². The molecule has 17 heavy (non-hydrogen) atoms. The lowest BCUT2D eigenvalue weighted by molar-refractivity contribution is -0.117. The highest BCUT2D eigenvalue weighted by molar-refractivity contribution is 5.91. The van der Waals surface area contributed by atoms with Gasteiger partial charge in [-0.05, 0) is 24.6 Å². The van der Waals surface area contributed by atoms with E-state index < -0.39 is 11.9 Å². The van der Waals surface area contributed by atoms with Gasteiger partial charge < -0.3 is 22.1 Å². The average Bonchev–Trinajstić information content (AvgIpc) is 2.26. The van der Waals surface area contributed by atoms with Crippen molar-refractivity contribution < 1.29 is 9.59 Å². The summed E-state index contributed by atoms with van der Waals surface area (Å²) in [6, 6.07) is 6.58. The Morgan fingerprint density at radius 1 is 1.41 bits per heavy atom. The number of rotatable bonds is 4. The van der Waals surface area contributed by atoms with Crippen LogP contribution in [0.4, 0.5) is 10.5 Å². The number of carbonyl (C=O) groups excluding carboxylic acids is 2. The molecule has 1 aromatic rings. The first-order valence-corrected chi connectivity index (χ1v) is 5.17. The lowest BCUT2D eigenvalue weighted by Crippen LogP contribution is -2.36. The quantitative estimate of drug-likeness (QED) is 0.604. The smallest absolute Gasteiger partial charge is 0.319 e. The zero-order valence-electron chi connectivity index (χ0n) is 9.57. The van der Waals surface area contributed by atoms with Crippen LogP contribution in [0.1, 0.15) is 18.5 Å². The van der Waals surface area contributed by atoms with Crippen LogP contribution in [0.25, 0.3) is 0 Å². The van der Waals surface area contributed by atoms with Crippen molar-refractivity contribution in [1.82, 2.24) is 5.32 Å². The van der Waals surface area contributed by atoms with E-state index in [1.165, 1.54) is 0 Å². The molecule has 0 saturated carbocycles. The lowest BCUT2D eigenvalue weighted by Gasteiger charge is -2.09. The Morgan fingerprint density at radius 3 is 2.71 bits per heavy atom. The minimum absolute atomic E-state index is 0.106. The Labute approximate surface area is 99.4 Å². The predicted octanol–water partition coefficient (Wildman–Crippen LogP) is 0.313. The molecule has 1 unspecified atom stereocenters. The van der Waals surface area contributed by atoms with Gasteiger partial charge in [-0.3, -0.25) is 4.79 Å². The maximum atomic E-state index is 11.3. The number of carbonyl (C=O) groups is 2. The summed E-state index contributed by atoms with van der Waals surface area (Å²) in [6.45, 7) is 1.66. The van der Waals surface area contributed by atoms with Crippen molar-refractivity contribution >= 4 is 17.6 Å². The number of anilines is 1. The van der Waals surface area contributed by atoms with Gasteiger partial charge in [-0.1, -0.05) is 12.1 Å². The highest BCUT2D eigenvalue weighted by Gasteiger charge is 2.04. The second-order valence-corrected chi connectivity index (χ2v) is 3.69. The van der Waals surface area contributed by atoms with Crippen LogP contribution in [0.15, 0.2) is 24.3 Å². The summed E-state index contributed by atoms with van der Waals surface area (Å²) < 4.78 is 0. The molecule has 92 valence electrons. The van der Waals surface area contributed by atoms with E-state index in [4.69, 9.17) is 11.5 Å². The van der Waals surface area contributed by atoms with Crippen LogP contribution in [-0.2, 0) is 4.79 Å². The molecular weight excluding hydrogens is 220 g/mol. The fourth-order valence-electron chi connectivity index (χ4n) is 1.24. The largest absolute Gasteiger partial charge is 0.368 e. The second kappa shape index (κ2) is 5.86. The third-order valence-electron chi connectivity index (χ3n) is 2.09. The lowest BCUT2D eigenvalue weighted by atomic mass is 10.1. The Balaban J connectivity index is 2.59. The molecule has 0 radical (unpaired) electrons. The molecule has 1 atom stereocenters. The van der Waals surface area contributed by atoms with E-state index in [0.717, 1.165) is 5.56 Å². The van der Waals surface area contributed by atoms with Crippen LogP contribution < -0.4 is 22.1 Å². The van der Waals surface area contributed by atoms with Crippen LogP contribution in [-0.4, -0.2) is 18.5 Å². The zero-order valence-corrected chi connectivity index (χ0v) is 9.57. The summed E-state index contributed by atoms with van der Waals surface area (Å²) >= 11 is 0. The zero-order chi connectivity index (χ0) is 12.8. The minimum Gasteiger partial charge on any atom is -0.368 e. The first kappa shape index (κ1) is 13.0. The number of nitrogens with one attached hydrogen (secondary N) is 2. The summed E-state index contributed by atoms with van der Waals surface area (Å²) in [6.07, 6.45) is 0. The summed E-state index contributed by atoms with van der Waals surface area (Å²) in [4.78, 5) is 21.8. The van der Waals surface area contributed by atoms with E-state index >= 15 is 0 Å². The summed E-state index contributed by atoms with van der Waals surface area (Å²) in [5.41, 5.74) is 12.1. The molecule has 0 fully saturated rings. The van der Waals surface area contributed by atoms with Gasteiger partial charge in [0.2, 0.25) is 5.91 Å². The maximum absolute atomic E-state index is 11.3. The molecule has 0 aliphatic carbocycles. The number of nitrogens with two attached hydrogens (primary N) is 2. The molecule has 0 aliphatic rings. The Kier molecular flexibility index (Phi) is 4.47. The van der Waals surface area contributed by atoms with Gasteiger partial charge in [0, 0.05) is 11.7 Å². The van der Waals surface area contributed by atoms with E-state index in [2.05, 4.69) is 10.6 Å². The normalized spacial score (nSPS) is 11.6. The van der Waals surface area contributed by atoms with Crippen molar-refractivity contribution in [2.75, 3.05) is 11.9 Å². The van der Waals surface area contributed by atoms with E-state index in [1.54, 1.807) is 18.2 Å². The molecule has 0 spiro atoms. The van der Waals surface area contributed by atoms with E-state index in [-0.39, 0.29) is 12.6 Å². The molecule has 1 rings (SSSR count). The van der Waals surface area contributed by atoms with Crippen molar-refractivity contribution in [2.45, 2.75) is 13.0 Å². The second-order valence-electron chi connectivity index (χ2n) is 3.69. The van der Waals surface area contributed by atoms with Crippen molar-refractivity contribution in [1.29, 1.82) is 0 Å². The molecule has 0 heterocycles. The Hall–Kier alpha value is -2.08. The predicted molar refractivity (Wildman–Crippen MR) is 65.3 cm³/mol. The fraction of sp³-hybridized carbons (Fsp3) is 0.273. The number of urea groups is 1. The first-order valence-electron chi connectivity index (χ1n) is 5.17. The average molecular weight is 236 g/mol. The Morgan fingerprint density at radius 2 is 2.12 bits per heavy atom. The van der Waals surface area contributed by atoms with Crippen LogP contribution >= 0.6 is 0 Å². The van der Waals surface area contributed by atoms with Gasteiger partial charge in [0.1, 0.15) is 0 Å². The summed E-state index contributed by atoms with van der Waals surface area (Å²) in [5, 5.41) is 4.90. The first-order chi connectivity index (χ1) is 7.99. The highest BCUT2D eigenvalue weighted by atomic mass is 16.2. The standard InChI is InChI=1S/C11H16N4O2/c1-7(12)8-3-2-4-9(5-8)15-11(17)14-6-10(13)16/h2-5,7H,6,12H2,1H3,(H2,13,16)(H2,14,15,17). The molecule has 1 aromatic carbocycles. The topological polar surface area (TPSA) is 110 Å². The summed E-state index contributed by atoms with van der Waals surface area (Å²) in [7, 11) is 0. The molecule has 0 bridgehead atoms. The van der Waals surface area contributed by atoms with Crippen molar-refractivity contribution in [2.24, 2.45) is 11.5 Å². The van der Waals surface area contributed by atoms with Gasteiger partial charge in [-0.25, -0.2) is 4.79 Å². The monoisotopic (exact) mass is 236 g/mol. The SMILES string of the molecule is CC(N)c1cccc(NC(=O)NCC(N)=O)c1. The van der Waals surface area contributed by atoms with Gasteiger partial charge in [-0.15, -0.1) is 0 Å². The van der Waals surface area contributed by atoms with E-state index in [9.17, 15) is 9.59 Å². The number of amides is 3. The molecular formula is C11H16N4O2. The van der Waals surface area contributed by atoms with Crippen LogP contribution in [0, 0.1) is 0 Å². The third-order valence-corrected chi connectivity index (χ3v) is 2.09. The molecule has 3 amide bonds. The van der Waals surface area contributed by atoms with Gasteiger partial charge in [0.15, 0.2) is 0 Å². The third kappa shape index (κ3) is 4.52. The molecule has 0 aliphatic heterocycles. The van der Waals surface area contributed by atoms with Gasteiger partial charge >= 0.3 is 6.03 Å². The maximum Gasteiger partial charge on any atom is 0.319 e. The number of hydrogen-bond acceptors (Lipinski definition) is 3. The van der Waals surface area contributed by atoms with E-state index in [1.807, 2.05) is 13.0 Å². The van der Waals surface area contributed by atoms with E-state index in [0.29, 0.717) is 5.69 Å². The molecule has 6 heteroatoms. The van der Waals surface area contributed by atoms with Gasteiger partial charge in [0.05, 0.1) is 6.54 Å². The number of primary amides is 1. The van der Waals surface area contributed by atoms with Crippen molar-refractivity contribution in [3.8, 4) is 0 Å². The van der Waals surface area contributed by atoms with Gasteiger partial charge in [0.25, 0.3) is 0 Å². The fourth-order valence-corrected chi connectivity index (χ4v) is 1.24. The van der Waals surface area contributed by atoms with Gasteiger partial charge in [-0.2, -0.15) is 0 Å². The van der Waals surface area contributed by atoms with Crippen LogP contribution in [0.2, 0.25) is 0 Å². The molecule has 6 nitrogen and oxygen atoms in total. The van der Waals surface area contributed by atoms with Crippen molar-refractivity contribution in [3.05, 3.63) is 29.8 Å². The highest BCUT2D eigenvalue weighted by Crippen LogP contribution is 2.15.